The third kappa shape index (κ3) is 2.93. The highest BCUT2D eigenvalue weighted by atomic mass is 79.9. The van der Waals surface area contributed by atoms with Crippen molar-refractivity contribution in [3.05, 3.63) is 55.2 Å². The van der Waals surface area contributed by atoms with Gasteiger partial charge in [-0.3, -0.25) is 0 Å². The van der Waals surface area contributed by atoms with E-state index in [0.29, 0.717) is 6.04 Å². The van der Waals surface area contributed by atoms with E-state index in [0.717, 1.165) is 6.42 Å². The molecule has 0 bridgehead atoms. The summed E-state index contributed by atoms with van der Waals surface area (Å²) in [5.41, 5.74) is 5.44. The Morgan fingerprint density at radius 1 is 1.26 bits per heavy atom. The fraction of sp³-hybridized carbons (Fsp3) is 0.375. The largest absolute Gasteiger partial charge is 0.309 e. The summed E-state index contributed by atoms with van der Waals surface area (Å²) in [7, 11) is 2.04. The fourth-order valence-electron chi connectivity index (χ4n) is 2.43. The Balaban J connectivity index is 2.51. The maximum atomic E-state index is 3.61. The standard InChI is InChI=1S/C16H20BrNS/c1-5-12-6-7-19-16(12)15(18-4)13-8-11(3)14(17)9-10(13)2/h6-9,15,18H,5H2,1-4H3. The van der Waals surface area contributed by atoms with Crippen LogP contribution in [-0.4, -0.2) is 7.05 Å². The van der Waals surface area contributed by atoms with Crippen LogP contribution < -0.4 is 5.32 Å². The molecule has 0 aliphatic heterocycles. The van der Waals surface area contributed by atoms with E-state index in [9.17, 15) is 0 Å². The maximum absolute atomic E-state index is 3.61. The van der Waals surface area contributed by atoms with Gasteiger partial charge in [0.05, 0.1) is 6.04 Å². The molecule has 0 fully saturated rings. The van der Waals surface area contributed by atoms with Crippen LogP contribution in [0.2, 0.25) is 0 Å². The minimum Gasteiger partial charge on any atom is -0.309 e. The van der Waals surface area contributed by atoms with Gasteiger partial charge in [0.2, 0.25) is 0 Å². The monoisotopic (exact) mass is 337 g/mol. The van der Waals surface area contributed by atoms with Crippen LogP contribution in [-0.2, 0) is 6.42 Å². The number of halogens is 1. The van der Waals surface area contributed by atoms with Crippen molar-refractivity contribution >= 4 is 27.3 Å². The molecular weight excluding hydrogens is 318 g/mol. The summed E-state index contributed by atoms with van der Waals surface area (Å²) in [4.78, 5) is 1.44. The number of aryl methyl sites for hydroxylation is 3. The summed E-state index contributed by atoms with van der Waals surface area (Å²) in [6, 6.07) is 7.04. The van der Waals surface area contributed by atoms with Gasteiger partial charge in [-0.15, -0.1) is 11.3 Å². The first kappa shape index (κ1) is 14.8. The summed E-state index contributed by atoms with van der Waals surface area (Å²) >= 11 is 5.46. The van der Waals surface area contributed by atoms with Gasteiger partial charge >= 0.3 is 0 Å². The Bertz CT molecular complexity index is 574. The molecule has 0 aliphatic rings. The maximum Gasteiger partial charge on any atom is 0.0674 e. The highest BCUT2D eigenvalue weighted by Gasteiger charge is 2.19. The number of nitrogens with one attached hydrogen (secondary N) is 1. The summed E-state index contributed by atoms with van der Waals surface area (Å²) in [6.07, 6.45) is 1.09. The highest BCUT2D eigenvalue weighted by Crippen LogP contribution is 2.33. The average Bonchev–Trinajstić information content (AvgIpc) is 2.84. The van der Waals surface area contributed by atoms with Crippen molar-refractivity contribution in [3.8, 4) is 0 Å². The van der Waals surface area contributed by atoms with Crippen LogP contribution in [0.15, 0.2) is 28.1 Å². The van der Waals surface area contributed by atoms with Crippen molar-refractivity contribution in [3.63, 3.8) is 0 Å². The van der Waals surface area contributed by atoms with Crippen molar-refractivity contribution in [2.24, 2.45) is 0 Å². The van der Waals surface area contributed by atoms with Gasteiger partial charge in [-0.25, -0.2) is 0 Å². The third-order valence-electron chi connectivity index (χ3n) is 3.57. The molecule has 0 amide bonds. The molecule has 1 aromatic carbocycles. The van der Waals surface area contributed by atoms with Crippen LogP contribution in [0.1, 0.15) is 40.1 Å². The van der Waals surface area contributed by atoms with E-state index in [1.165, 1.54) is 31.6 Å². The number of benzene rings is 1. The lowest BCUT2D eigenvalue weighted by Crippen LogP contribution is -2.19. The smallest absolute Gasteiger partial charge is 0.0674 e. The molecule has 0 spiro atoms. The molecule has 102 valence electrons. The summed E-state index contributed by atoms with van der Waals surface area (Å²) in [6.45, 7) is 6.55. The average molecular weight is 338 g/mol. The van der Waals surface area contributed by atoms with Crippen LogP contribution in [0, 0.1) is 13.8 Å². The lowest BCUT2D eigenvalue weighted by molar-refractivity contribution is 0.692. The first-order chi connectivity index (χ1) is 9.08. The number of hydrogen-bond acceptors (Lipinski definition) is 2. The van der Waals surface area contributed by atoms with Crippen LogP contribution in [0.5, 0.6) is 0 Å². The van der Waals surface area contributed by atoms with Crippen molar-refractivity contribution in [1.82, 2.24) is 5.32 Å². The Morgan fingerprint density at radius 2 is 2.00 bits per heavy atom. The zero-order valence-electron chi connectivity index (χ0n) is 11.9. The first-order valence-corrected chi connectivity index (χ1v) is 8.25. The van der Waals surface area contributed by atoms with Crippen LogP contribution in [0.4, 0.5) is 0 Å². The molecule has 0 radical (unpaired) electrons. The molecule has 1 atom stereocenters. The quantitative estimate of drug-likeness (QED) is 0.827. The second-order valence-electron chi connectivity index (χ2n) is 4.84. The molecule has 2 rings (SSSR count). The van der Waals surface area contributed by atoms with Gasteiger partial charge in [-0.05, 0) is 67.1 Å². The summed E-state index contributed by atoms with van der Waals surface area (Å²) in [5.74, 6) is 0. The second-order valence-corrected chi connectivity index (χ2v) is 6.65. The van der Waals surface area contributed by atoms with Crippen molar-refractivity contribution < 1.29 is 0 Å². The SMILES string of the molecule is CCc1ccsc1C(NC)c1cc(C)c(Br)cc1C. The topological polar surface area (TPSA) is 12.0 Å². The molecule has 1 N–H and O–H groups in total. The molecule has 1 aromatic heterocycles. The predicted molar refractivity (Wildman–Crippen MR) is 88.2 cm³/mol. The summed E-state index contributed by atoms with van der Waals surface area (Å²) < 4.78 is 1.19. The lowest BCUT2D eigenvalue weighted by Gasteiger charge is -2.20. The second kappa shape index (κ2) is 6.21. The van der Waals surface area contributed by atoms with Crippen molar-refractivity contribution in [1.29, 1.82) is 0 Å². The highest BCUT2D eigenvalue weighted by molar-refractivity contribution is 9.10. The van der Waals surface area contributed by atoms with E-state index in [4.69, 9.17) is 0 Å². The Morgan fingerprint density at radius 3 is 2.63 bits per heavy atom. The van der Waals surface area contributed by atoms with E-state index in [1.807, 2.05) is 18.4 Å². The van der Waals surface area contributed by atoms with E-state index in [2.05, 4.69) is 65.6 Å². The van der Waals surface area contributed by atoms with Crippen LogP contribution >= 0.6 is 27.3 Å². The van der Waals surface area contributed by atoms with Crippen molar-refractivity contribution in [2.45, 2.75) is 33.2 Å². The van der Waals surface area contributed by atoms with Crippen LogP contribution in [0.25, 0.3) is 0 Å². The van der Waals surface area contributed by atoms with E-state index in [-0.39, 0.29) is 0 Å². The number of hydrogen-bond donors (Lipinski definition) is 1. The van der Waals surface area contributed by atoms with E-state index in [1.54, 1.807) is 0 Å². The van der Waals surface area contributed by atoms with E-state index < -0.39 is 0 Å². The van der Waals surface area contributed by atoms with Crippen LogP contribution in [0.3, 0.4) is 0 Å². The van der Waals surface area contributed by atoms with Gasteiger partial charge in [0.15, 0.2) is 0 Å². The Hall–Kier alpha value is -0.640. The lowest BCUT2D eigenvalue weighted by atomic mass is 9.96. The molecule has 19 heavy (non-hydrogen) atoms. The molecule has 2 aromatic rings. The molecule has 1 heterocycles. The van der Waals surface area contributed by atoms with Gasteiger partial charge < -0.3 is 5.32 Å². The molecule has 1 unspecified atom stereocenters. The number of rotatable bonds is 4. The molecule has 1 nitrogen and oxygen atoms in total. The minimum absolute atomic E-state index is 0.293. The fourth-order valence-corrected chi connectivity index (χ4v) is 4.02. The van der Waals surface area contributed by atoms with Gasteiger partial charge in [0, 0.05) is 9.35 Å². The predicted octanol–water partition coefficient (Wildman–Crippen LogP) is 5.00. The van der Waals surface area contributed by atoms with E-state index >= 15 is 0 Å². The van der Waals surface area contributed by atoms with Gasteiger partial charge in [0.25, 0.3) is 0 Å². The number of thiophene rings is 1. The minimum atomic E-state index is 0.293. The molecular formula is C16H20BrNS. The summed E-state index contributed by atoms with van der Waals surface area (Å²) in [5, 5.41) is 5.67. The van der Waals surface area contributed by atoms with Gasteiger partial charge in [0.1, 0.15) is 0 Å². The van der Waals surface area contributed by atoms with Crippen molar-refractivity contribution in [2.75, 3.05) is 7.05 Å². The normalized spacial score (nSPS) is 12.7. The molecule has 0 saturated carbocycles. The first-order valence-electron chi connectivity index (χ1n) is 6.58. The zero-order chi connectivity index (χ0) is 14.0. The Labute approximate surface area is 128 Å². The molecule has 3 heteroatoms. The van der Waals surface area contributed by atoms with Gasteiger partial charge in [-0.1, -0.05) is 28.9 Å². The van der Waals surface area contributed by atoms with Gasteiger partial charge in [-0.2, -0.15) is 0 Å². The zero-order valence-corrected chi connectivity index (χ0v) is 14.3. The third-order valence-corrected chi connectivity index (χ3v) is 5.45. The molecule has 0 saturated heterocycles. The molecule has 0 aliphatic carbocycles. The Kier molecular flexibility index (Phi) is 4.82.